The largest absolute Gasteiger partial charge is 0.497 e. The van der Waals surface area contributed by atoms with Gasteiger partial charge in [0.25, 0.3) is 0 Å². The van der Waals surface area contributed by atoms with Crippen LogP contribution in [0.25, 0.3) is 10.9 Å². The fraction of sp³-hybridized carbons (Fsp3) is 0.250. The summed E-state index contributed by atoms with van der Waals surface area (Å²) in [5, 5.41) is 1.01. The van der Waals surface area contributed by atoms with Gasteiger partial charge in [0, 0.05) is 11.5 Å². The topological polar surface area (TPSA) is 31.4 Å². The van der Waals surface area contributed by atoms with Crippen molar-refractivity contribution in [3.63, 3.8) is 0 Å². The van der Waals surface area contributed by atoms with E-state index < -0.39 is 0 Å². The first kappa shape index (κ1) is 11.2. The van der Waals surface area contributed by atoms with Crippen LogP contribution in [0, 0.1) is 6.92 Å². The number of pyridine rings is 1. The van der Waals surface area contributed by atoms with Gasteiger partial charge in [-0.3, -0.25) is 0 Å². The summed E-state index contributed by atoms with van der Waals surface area (Å²) >= 11 is 3.42. The molecule has 2 rings (SSSR count). The minimum atomic E-state index is 0.718. The van der Waals surface area contributed by atoms with Crippen molar-refractivity contribution in [2.75, 3.05) is 14.2 Å². The van der Waals surface area contributed by atoms with Crippen molar-refractivity contribution >= 4 is 26.8 Å². The molecule has 0 saturated heterocycles. The predicted molar refractivity (Wildman–Crippen MR) is 67.3 cm³/mol. The molecule has 0 saturated carbocycles. The summed E-state index contributed by atoms with van der Waals surface area (Å²) < 4.78 is 11.4. The molecule has 0 fully saturated rings. The third-order valence-corrected chi connectivity index (χ3v) is 3.24. The molecule has 0 unspecified atom stereocenters. The number of halogens is 1. The van der Waals surface area contributed by atoms with Crippen molar-refractivity contribution in [1.82, 2.24) is 4.98 Å². The van der Waals surface area contributed by atoms with E-state index in [9.17, 15) is 0 Å². The lowest BCUT2D eigenvalue weighted by Crippen LogP contribution is -1.92. The zero-order valence-electron chi connectivity index (χ0n) is 9.37. The van der Waals surface area contributed by atoms with Gasteiger partial charge >= 0.3 is 0 Å². The van der Waals surface area contributed by atoms with E-state index in [0.717, 1.165) is 32.6 Å². The maximum Gasteiger partial charge on any atom is 0.148 e. The van der Waals surface area contributed by atoms with Crippen molar-refractivity contribution < 1.29 is 9.47 Å². The van der Waals surface area contributed by atoms with Crippen molar-refractivity contribution in [2.45, 2.75) is 6.92 Å². The molecule has 0 spiro atoms. The third kappa shape index (κ3) is 1.85. The lowest BCUT2D eigenvalue weighted by atomic mass is 10.1. The Morgan fingerprint density at radius 3 is 2.50 bits per heavy atom. The van der Waals surface area contributed by atoms with Crippen molar-refractivity contribution in [2.24, 2.45) is 0 Å². The zero-order valence-corrected chi connectivity index (χ0v) is 11.0. The molecule has 0 amide bonds. The van der Waals surface area contributed by atoms with E-state index in [-0.39, 0.29) is 0 Å². The second-order valence-corrected chi connectivity index (χ2v) is 4.25. The molecule has 0 atom stereocenters. The molecule has 4 heteroatoms. The minimum absolute atomic E-state index is 0.718. The second-order valence-electron chi connectivity index (χ2n) is 3.50. The van der Waals surface area contributed by atoms with E-state index in [1.54, 1.807) is 14.2 Å². The monoisotopic (exact) mass is 281 g/mol. The minimum Gasteiger partial charge on any atom is -0.497 e. The molecule has 1 aromatic carbocycles. The lowest BCUT2D eigenvalue weighted by molar-refractivity contribution is 0.397. The molecule has 0 aliphatic rings. The first-order chi connectivity index (χ1) is 7.65. The van der Waals surface area contributed by atoms with E-state index in [2.05, 4.69) is 27.0 Å². The predicted octanol–water partition coefficient (Wildman–Crippen LogP) is 3.32. The lowest BCUT2D eigenvalue weighted by Gasteiger charge is -2.09. The molecule has 0 aliphatic heterocycles. The summed E-state index contributed by atoms with van der Waals surface area (Å²) in [7, 11) is 3.27. The zero-order chi connectivity index (χ0) is 11.7. The summed E-state index contributed by atoms with van der Waals surface area (Å²) in [5.41, 5.74) is 1.92. The number of hydrogen-bond acceptors (Lipinski definition) is 3. The van der Waals surface area contributed by atoms with Crippen LogP contribution in [0.4, 0.5) is 0 Å². The molecule has 0 N–H and O–H groups in total. The summed E-state index contributed by atoms with van der Waals surface area (Å²) in [6.07, 6.45) is 0. The molecule has 0 aliphatic carbocycles. The Balaban J connectivity index is 2.79. The second kappa shape index (κ2) is 4.29. The van der Waals surface area contributed by atoms with Crippen molar-refractivity contribution in [3.05, 3.63) is 28.4 Å². The highest BCUT2D eigenvalue weighted by atomic mass is 79.9. The molecular weight excluding hydrogens is 270 g/mol. The van der Waals surface area contributed by atoms with Crippen LogP contribution < -0.4 is 9.47 Å². The Morgan fingerprint density at radius 1 is 1.12 bits per heavy atom. The van der Waals surface area contributed by atoms with Crippen molar-refractivity contribution in [1.29, 1.82) is 0 Å². The Bertz CT molecular complexity index is 540. The SMILES string of the molecule is COc1cc(OC)c2nc(Br)c(C)cc2c1. The van der Waals surface area contributed by atoms with Gasteiger partial charge in [-0.25, -0.2) is 4.98 Å². The van der Waals surface area contributed by atoms with Crippen LogP contribution >= 0.6 is 15.9 Å². The van der Waals surface area contributed by atoms with E-state index in [0.29, 0.717) is 0 Å². The van der Waals surface area contributed by atoms with Crippen LogP contribution in [0.3, 0.4) is 0 Å². The maximum atomic E-state index is 5.30. The van der Waals surface area contributed by atoms with Crippen LogP contribution in [-0.2, 0) is 0 Å². The van der Waals surface area contributed by atoms with E-state index in [1.807, 2.05) is 19.1 Å². The van der Waals surface area contributed by atoms with Gasteiger partial charge in [-0.15, -0.1) is 0 Å². The highest BCUT2D eigenvalue weighted by Gasteiger charge is 2.08. The number of benzene rings is 1. The molecular formula is C12H12BrNO2. The average Bonchev–Trinajstić information content (AvgIpc) is 2.29. The van der Waals surface area contributed by atoms with Crippen LogP contribution in [-0.4, -0.2) is 19.2 Å². The van der Waals surface area contributed by atoms with E-state index in [4.69, 9.17) is 9.47 Å². The fourth-order valence-electron chi connectivity index (χ4n) is 1.59. The van der Waals surface area contributed by atoms with Gasteiger partial charge in [0.2, 0.25) is 0 Å². The summed E-state index contributed by atoms with van der Waals surface area (Å²) in [6.45, 7) is 2.00. The van der Waals surface area contributed by atoms with Crippen LogP contribution in [0.1, 0.15) is 5.56 Å². The molecule has 0 bridgehead atoms. The number of fused-ring (bicyclic) bond motifs is 1. The number of methoxy groups -OCH3 is 2. The summed E-state index contributed by atoms with van der Waals surface area (Å²) in [4.78, 5) is 4.46. The maximum absolute atomic E-state index is 5.30. The first-order valence-electron chi connectivity index (χ1n) is 4.84. The Kier molecular flexibility index (Phi) is 3.01. The molecule has 2 aromatic rings. The van der Waals surface area contributed by atoms with Gasteiger partial charge in [0.1, 0.15) is 21.6 Å². The normalized spacial score (nSPS) is 10.5. The number of aromatic nitrogens is 1. The van der Waals surface area contributed by atoms with Crippen LogP contribution in [0.2, 0.25) is 0 Å². The molecule has 16 heavy (non-hydrogen) atoms. The van der Waals surface area contributed by atoms with Crippen LogP contribution in [0.15, 0.2) is 22.8 Å². The van der Waals surface area contributed by atoms with Gasteiger partial charge in [-0.05, 0) is 40.5 Å². The fourth-order valence-corrected chi connectivity index (χ4v) is 1.88. The highest BCUT2D eigenvalue weighted by molar-refractivity contribution is 9.10. The quantitative estimate of drug-likeness (QED) is 0.792. The van der Waals surface area contributed by atoms with Crippen molar-refractivity contribution in [3.8, 4) is 11.5 Å². The van der Waals surface area contributed by atoms with Gasteiger partial charge in [-0.1, -0.05) is 0 Å². The third-order valence-electron chi connectivity index (χ3n) is 2.44. The number of ether oxygens (including phenoxy) is 2. The molecule has 0 radical (unpaired) electrons. The molecule has 3 nitrogen and oxygen atoms in total. The van der Waals surface area contributed by atoms with Gasteiger partial charge < -0.3 is 9.47 Å². The number of nitrogens with zero attached hydrogens (tertiary/aromatic N) is 1. The number of hydrogen-bond donors (Lipinski definition) is 0. The van der Waals surface area contributed by atoms with E-state index in [1.165, 1.54) is 0 Å². The van der Waals surface area contributed by atoms with Gasteiger partial charge in [0.15, 0.2) is 0 Å². The van der Waals surface area contributed by atoms with Gasteiger partial charge in [-0.2, -0.15) is 0 Å². The Hall–Kier alpha value is -1.29. The molecule has 1 aromatic heterocycles. The highest BCUT2D eigenvalue weighted by Crippen LogP contribution is 2.31. The Labute approximate surface area is 103 Å². The molecule has 84 valence electrons. The Morgan fingerprint density at radius 2 is 1.88 bits per heavy atom. The van der Waals surface area contributed by atoms with Crippen LogP contribution in [0.5, 0.6) is 11.5 Å². The average molecular weight is 282 g/mol. The van der Waals surface area contributed by atoms with E-state index >= 15 is 0 Å². The summed E-state index contributed by atoms with van der Waals surface area (Å²) in [6, 6.07) is 5.83. The smallest absolute Gasteiger partial charge is 0.148 e. The number of rotatable bonds is 2. The summed E-state index contributed by atoms with van der Waals surface area (Å²) in [5.74, 6) is 1.49. The standard InChI is InChI=1S/C12H12BrNO2/c1-7-4-8-5-9(15-2)6-10(16-3)11(8)14-12(7)13/h4-6H,1-3H3. The first-order valence-corrected chi connectivity index (χ1v) is 5.64. The molecule has 1 heterocycles. The van der Waals surface area contributed by atoms with Gasteiger partial charge in [0.05, 0.1) is 14.2 Å². The number of aryl methyl sites for hydroxylation is 1.